The van der Waals surface area contributed by atoms with Crippen LogP contribution in [0.15, 0.2) is 10.6 Å². The van der Waals surface area contributed by atoms with Gasteiger partial charge in [-0.3, -0.25) is 5.10 Å². The summed E-state index contributed by atoms with van der Waals surface area (Å²) in [6, 6.07) is 0. The normalized spacial score (nSPS) is 15.1. The maximum Gasteiger partial charge on any atom is 0.191 e. The van der Waals surface area contributed by atoms with Gasteiger partial charge in [-0.25, -0.2) is 4.98 Å². The first-order valence-electron chi connectivity index (χ1n) is 5.94. The van der Waals surface area contributed by atoms with Crippen molar-refractivity contribution in [3.63, 3.8) is 0 Å². The van der Waals surface area contributed by atoms with Crippen molar-refractivity contribution >= 4 is 5.82 Å². The predicted octanol–water partition coefficient (Wildman–Crippen LogP) is 1.97. The first-order chi connectivity index (χ1) is 8.24. The molecule has 0 atom stereocenters. The number of hydrogen-bond donors (Lipinski definition) is 1. The van der Waals surface area contributed by atoms with Gasteiger partial charge >= 0.3 is 0 Å². The lowest BCUT2D eigenvalue weighted by molar-refractivity contribution is 0.466. The molecule has 1 aliphatic rings. The molecule has 0 radical (unpaired) electrons. The van der Waals surface area contributed by atoms with Crippen LogP contribution in [0, 0.1) is 13.8 Å². The van der Waals surface area contributed by atoms with Gasteiger partial charge in [0.1, 0.15) is 5.76 Å². The lowest BCUT2D eigenvalue weighted by Crippen LogP contribution is -2.28. The molecule has 0 bridgehead atoms. The highest BCUT2D eigenvalue weighted by Gasteiger charge is 2.22. The molecule has 0 spiro atoms. The molecule has 1 N–H and O–H groups in total. The van der Waals surface area contributed by atoms with Crippen molar-refractivity contribution in [2.24, 2.45) is 0 Å². The van der Waals surface area contributed by atoms with Gasteiger partial charge in [0.25, 0.3) is 0 Å². The van der Waals surface area contributed by atoms with Crippen LogP contribution in [-0.4, -0.2) is 21.7 Å². The second-order valence-electron chi connectivity index (χ2n) is 4.52. The molecule has 90 valence electrons. The Hall–Kier alpha value is -1.78. The molecule has 0 saturated heterocycles. The van der Waals surface area contributed by atoms with E-state index in [0.717, 1.165) is 37.0 Å². The molecule has 3 heterocycles. The predicted molar refractivity (Wildman–Crippen MR) is 63.9 cm³/mol. The minimum atomic E-state index is 0.718. The number of hydrogen-bond acceptors (Lipinski definition) is 4. The number of anilines is 1. The van der Waals surface area contributed by atoms with Crippen molar-refractivity contribution in [1.29, 1.82) is 0 Å². The molecule has 3 rings (SSSR count). The molecule has 1 aliphatic heterocycles. The fourth-order valence-corrected chi connectivity index (χ4v) is 2.37. The summed E-state index contributed by atoms with van der Waals surface area (Å²) < 4.78 is 5.52. The van der Waals surface area contributed by atoms with Crippen molar-refractivity contribution in [3.8, 4) is 0 Å². The number of rotatable bonds is 2. The third-order valence-electron chi connectivity index (χ3n) is 3.22. The van der Waals surface area contributed by atoms with E-state index in [0.29, 0.717) is 0 Å². The maximum absolute atomic E-state index is 5.52. The summed E-state index contributed by atoms with van der Waals surface area (Å²) in [5.41, 5.74) is 2.52. The van der Waals surface area contributed by atoms with Gasteiger partial charge in [0, 0.05) is 24.7 Å². The largest absolute Gasteiger partial charge is 0.444 e. The molecule has 2 aromatic rings. The zero-order valence-corrected chi connectivity index (χ0v) is 10.2. The molecule has 2 aromatic heterocycles. The lowest BCUT2D eigenvalue weighted by atomic mass is 10.1. The number of aryl methyl sites for hydroxylation is 2. The first kappa shape index (κ1) is 10.4. The maximum atomic E-state index is 5.52. The zero-order valence-electron chi connectivity index (χ0n) is 10.2. The third kappa shape index (κ3) is 1.81. The minimum absolute atomic E-state index is 0.718. The molecule has 0 saturated carbocycles. The number of nitrogens with one attached hydrogen (secondary N) is 1. The standard InChI is InChI=1S/C12H16N4O/c1-8-11-4-3-5-16(12(11)15-14-8)7-10-6-13-9(2)17-10/h6H,3-5,7H2,1-2H3,(H,14,15). The van der Waals surface area contributed by atoms with Gasteiger partial charge in [-0.2, -0.15) is 5.10 Å². The molecular weight excluding hydrogens is 216 g/mol. The molecule has 0 amide bonds. The van der Waals surface area contributed by atoms with Crippen LogP contribution in [0.3, 0.4) is 0 Å². The van der Waals surface area contributed by atoms with E-state index in [2.05, 4.69) is 27.0 Å². The number of fused-ring (bicyclic) bond motifs is 1. The van der Waals surface area contributed by atoms with E-state index in [1.54, 1.807) is 6.20 Å². The van der Waals surface area contributed by atoms with Crippen LogP contribution in [0.1, 0.15) is 29.3 Å². The summed E-state index contributed by atoms with van der Waals surface area (Å²) in [4.78, 5) is 6.37. The van der Waals surface area contributed by atoms with Crippen molar-refractivity contribution in [2.45, 2.75) is 33.2 Å². The fraction of sp³-hybridized carbons (Fsp3) is 0.500. The van der Waals surface area contributed by atoms with Crippen molar-refractivity contribution in [1.82, 2.24) is 15.2 Å². The Balaban J connectivity index is 1.85. The molecule has 5 nitrogen and oxygen atoms in total. The quantitative estimate of drug-likeness (QED) is 0.860. The van der Waals surface area contributed by atoms with Crippen LogP contribution in [0.2, 0.25) is 0 Å². The summed E-state index contributed by atoms with van der Waals surface area (Å²) in [6.45, 7) is 5.72. The van der Waals surface area contributed by atoms with Gasteiger partial charge < -0.3 is 9.32 Å². The molecule has 17 heavy (non-hydrogen) atoms. The average Bonchev–Trinajstić information content (AvgIpc) is 2.88. The van der Waals surface area contributed by atoms with Crippen LogP contribution in [0.5, 0.6) is 0 Å². The molecule has 5 heteroatoms. The smallest absolute Gasteiger partial charge is 0.191 e. The highest BCUT2D eigenvalue weighted by molar-refractivity contribution is 5.51. The topological polar surface area (TPSA) is 58.0 Å². The Morgan fingerprint density at radius 3 is 3.12 bits per heavy atom. The van der Waals surface area contributed by atoms with E-state index >= 15 is 0 Å². The Morgan fingerprint density at radius 1 is 1.47 bits per heavy atom. The van der Waals surface area contributed by atoms with Gasteiger partial charge in [-0.05, 0) is 19.8 Å². The second kappa shape index (κ2) is 3.91. The van der Waals surface area contributed by atoms with Gasteiger partial charge in [0.05, 0.1) is 12.7 Å². The Morgan fingerprint density at radius 2 is 2.35 bits per heavy atom. The van der Waals surface area contributed by atoms with Crippen molar-refractivity contribution < 1.29 is 4.42 Å². The fourth-order valence-electron chi connectivity index (χ4n) is 2.37. The third-order valence-corrected chi connectivity index (χ3v) is 3.22. The summed E-state index contributed by atoms with van der Waals surface area (Å²) in [5.74, 6) is 2.69. The Kier molecular flexibility index (Phi) is 2.39. The number of aromatic amines is 1. The van der Waals surface area contributed by atoms with Crippen LogP contribution < -0.4 is 4.90 Å². The van der Waals surface area contributed by atoms with Gasteiger partial charge in [-0.15, -0.1) is 0 Å². The first-order valence-corrected chi connectivity index (χ1v) is 5.94. The number of oxazole rings is 1. The number of nitrogens with zero attached hydrogens (tertiary/aromatic N) is 3. The van der Waals surface area contributed by atoms with E-state index in [9.17, 15) is 0 Å². The molecule has 0 fully saturated rings. The van der Waals surface area contributed by atoms with Crippen molar-refractivity contribution in [2.75, 3.05) is 11.4 Å². The van der Waals surface area contributed by atoms with Gasteiger partial charge in [0.15, 0.2) is 11.7 Å². The van der Waals surface area contributed by atoms with Crippen LogP contribution in [0.25, 0.3) is 0 Å². The monoisotopic (exact) mass is 232 g/mol. The molecule has 0 aliphatic carbocycles. The van der Waals surface area contributed by atoms with E-state index < -0.39 is 0 Å². The minimum Gasteiger partial charge on any atom is -0.444 e. The van der Waals surface area contributed by atoms with Gasteiger partial charge in [-0.1, -0.05) is 0 Å². The summed E-state index contributed by atoms with van der Waals surface area (Å²) >= 11 is 0. The van der Waals surface area contributed by atoms with E-state index in [1.807, 2.05) is 6.92 Å². The average molecular weight is 232 g/mol. The van der Waals surface area contributed by atoms with E-state index in [4.69, 9.17) is 4.42 Å². The highest BCUT2D eigenvalue weighted by Crippen LogP contribution is 2.28. The Bertz CT molecular complexity index is 528. The van der Waals surface area contributed by atoms with Crippen LogP contribution in [-0.2, 0) is 13.0 Å². The van der Waals surface area contributed by atoms with Crippen LogP contribution in [0.4, 0.5) is 5.82 Å². The summed E-state index contributed by atoms with van der Waals surface area (Å²) in [5, 5.41) is 7.44. The lowest BCUT2D eigenvalue weighted by Gasteiger charge is -2.26. The number of aromatic nitrogens is 3. The second-order valence-corrected chi connectivity index (χ2v) is 4.52. The number of H-pyrrole nitrogens is 1. The summed E-state index contributed by atoms with van der Waals surface area (Å²) in [7, 11) is 0. The zero-order chi connectivity index (χ0) is 11.8. The van der Waals surface area contributed by atoms with E-state index in [1.165, 1.54) is 17.7 Å². The summed E-state index contributed by atoms with van der Waals surface area (Å²) in [6.07, 6.45) is 4.08. The molecular formula is C12H16N4O. The molecule has 0 aromatic carbocycles. The van der Waals surface area contributed by atoms with Crippen molar-refractivity contribution in [3.05, 3.63) is 29.1 Å². The highest BCUT2D eigenvalue weighted by atomic mass is 16.4. The van der Waals surface area contributed by atoms with E-state index in [-0.39, 0.29) is 0 Å². The van der Waals surface area contributed by atoms with Crippen LogP contribution >= 0.6 is 0 Å². The molecule has 0 unspecified atom stereocenters. The van der Waals surface area contributed by atoms with Gasteiger partial charge in [0.2, 0.25) is 0 Å². The SMILES string of the molecule is Cc1ncc(CN2CCCc3c2n[nH]c3C)o1. The Labute approximate surface area is 99.8 Å².